The lowest BCUT2D eigenvalue weighted by molar-refractivity contribution is -0.305. The van der Waals surface area contributed by atoms with Crippen molar-refractivity contribution in [1.82, 2.24) is 0 Å². The van der Waals surface area contributed by atoms with Gasteiger partial charge in [0.25, 0.3) is 0 Å². The third-order valence-corrected chi connectivity index (χ3v) is 10.6. The van der Waals surface area contributed by atoms with Crippen LogP contribution in [0.1, 0.15) is 64.2 Å². The van der Waals surface area contributed by atoms with Crippen LogP contribution in [-0.4, -0.2) is 59.0 Å². The maximum absolute atomic E-state index is 13.8. The summed E-state index contributed by atoms with van der Waals surface area (Å²) >= 11 is 0. The molecule has 0 heterocycles. The van der Waals surface area contributed by atoms with Crippen LogP contribution < -0.4 is 0 Å². The van der Waals surface area contributed by atoms with Crippen molar-refractivity contribution >= 4 is 17.7 Å². The molecule has 0 amide bonds. The molecule has 200 valence electrons. The van der Waals surface area contributed by atoms with Crippen LogP contribution in [0.5, 0.6) is 0 Å². The number of ketones is 1. The third kappa shape index (κ3) is 3.03. The standard InChI is InChI=1S/C29H36O8/c1-15-19(31)14-29(34)24(37-25(33)17-10-8-7-9-11-17)22-23(36-16(2)30)21(35-6)12-18-20(32)13-28(15,26(29,3)4)27(18,22)5/h7-11,15,18-19,21,24,31,34H,12-14H2,1-6H3/t15-,18+,19+,21-,24+,27-,28?,29-/m1/s1. The van der Waals surface area contributed by atoms with Crippen molar-refractivity contribution < 1.29 is 38.8 Å². The second-order valence-electron chi connectivity index (χ2n) is 12.0. The summed E-state index contributed by atoms with van der Waals surface area (Å²) < 4.78 is 17.7. The maximum Gasteiger partial charge on any atom is 0.338 e. The van der Waals surface area contributed by atoms with Gasteiger partial charge in [-0.1, -0.05) is 45.9 Å². The molecule has 2 bridgehead atoms. The SMILES string of the molecule is CO[C@@H]1C[C@H]2C(=O)CC34[C@H](C)[C@@H](O)C[C@@](O)([C@@H](OC(=O)c5ccccc5)C(=C1OC(C)=O)[C@@]23C)C4(C)C. The Morgan fingerprint density at radius 3 is 2.35 bits per heavy atom. The molecule has 5 rings (SSSR count). The van der Waals surface area contributed by atoms with E-state index in [0.717, 1.165) is 0 Å². The van der Waals surface area contributed by atoms with Crippen LogP contribution in [0.4, 0.5) is 0 Å². The van der Waals surface area contributed by atoms with Gasteiger partial charge in [0.2, 0.25) is 0 Å². The molecule has 2 N–H and O–H groups in total. The number of ether oxygens (including phenoxy) is 3. The number of methoxy groups -OCH3 is 1. The Balaban J connectivity index is 1.84. The van der Waals surface area contributed by atoms with Gasteiger partial charge < -0.3 is 24.4 Å². The normalized spacial score (nSPS) is 41.7. The first-order valence-corrected chi connectivity index (χ1v) is 12.9. The fourth-order valence-electron chi connectivity index (χ4n) is 8.76. The minimum atomic E-state index is -1.76. The molecule has 0 radical (unpaired) electrons. The van der Waals surface area contributed by atoms with Crippen molar-refractivity contribution in [2.75, 3.05) is 7.11 Å². The molecule has 1 aromatic carbocycles. The predicted octanol–water partition coefficient (Wildman–Crippen LogP) is 3.20. The lowest BCUT2D eigenvalue weighted by Crippen LogP contribution is -2.78. The monoisotopic (exact) mass is 512 g/mol. The highest BCUT2D eigenvalue weighted by molar-refractivity contribution is 5.91. The Hall–Kier alpha value is -2.55. The number of carbonyl (C=O) groups is 3. The van der Waals surface area contributed by atoms with Crippen molar-refractivity contribution in [2.45, 2.75) is 77.8 Å². The zero-order valence-electron chi connectivity index (χ0n) is 22.2. The molecule has 4 aliphatic rings. The maximum atomic E-state index is 13.8. The summed E-state index contributed by atoms with van der Waals surface area (Å²) in [6, 6.07) is 8.44. The molecule has 8 heteroatoms. The summed E-state index contributed by atoms with van der Waals surface area (Å²) in [5, 5.41) is 23.9. The van der Waals surface area contributed by atoms with Gasteiger partial charge in [-0.2, -0.15) is 0 Å². The Labute approximate surface area is 217 Å². The molecule has 8 atom stereocenters. The predicted molar refractivity (Wildman–Crippen MR) is 132 cm³/mol. The number of aliphatic hydroxyl groups excluding tert-OH is 1. The smallest absolute Gasteiger partial charge is 0.338 e. The van der Waals surface area contributed by atoms with E-state index in [4.69, 9.17) is 14.2 Å². The Morgan fingerprint density at radius 1 is 1.11 bits per heavy atom. The topological polar surface area (TPSA) is 119 Å². The minimum absolute atomic E-state index is 0.00957. The van der Waals surface area contributed by atoms with Gasteiger partial charge in [0.15, 0.2) is 6.10 Å². The van der Waals surface area contributed by atoms with E-state index in [-0.39, 0.29) is 36.7 Å². The van der Waals surface area contributed by atoms with Gasteiger partial charge in [-0.15, -0.1) is 0 Å². The van der Waals surface area contributed by atoms with Crippen molar-refractivity contribution in [2.24, 2.45) is 28.1 Å². The molecular formula is C29H36O8. The highest BCUT2D eigenvalue weighted by Gasteiger charge is 2.83. The van der Waals surface area contributed by atoms with Gasteiger partial charge in [-0.25, -0.2) is 4.79 Å². The summed E-state index contributed by atoms with van der Waals surface area (Å²) in [4.78, 5) is 39.6. The van der Waals surface area contributed by atoms with Crippen LogP contribution >= 0.6 is 0 Å². The van der Waals surface area contributed by atoms with Crippen LogP contribution in [0.2, 0.25) is 0 Å². The largest absolute Gasteiger partial charge is 0.451 e. The number of Topliss-reactive ketones (excluding diaryl/α,β-unsaturated/α-hetero) is 1. The Kier molecular flexibility index (Phi) is 5.79. The summed E-state index contributed by atoms with van der Waals surface area (Å²) in [5.41, 5.74) is -3.85. The van der Waals surface area contributed by atoms with Crippen LogP contribution in [0.3, 0.4) is 0 Å². The van der Waals surface area contributed by atoms with Gasteiger partial charge in [0.05, 0.1) is 11.7 Å². The Bertz CT molecular complexity index is 1190. The molecule has 0 aromatic heterocycles. The van der Waals surface area contributed by atoms with Gasteiger partial charge in [0.1, 0.15) is 23.2 Å². The summed E-state index contributed by atoms with van der Waals surface area (Å²) in [7, 11) is 1.48. The summed E-state index contributed by atoms with van der Waals surface area (Å²) in [5.74, 6) is -1.92. The molecule has 1 aromatic rings. The van der Waals surface area contributed by atoms with Gasteiger partial charge in [0, 0.05) is 54.6 Å². The van der Waals surface area contributed by atoms with E-state index in [1.807, 2.05) is 27.7 Å². The number of fused-ring (bicyclic) bond motifs is 1. The average Bonchev–Trinajstić information content (AvgIpc) is 3.07. The highest BCUT2D eigenvalue weighted by Crippen LogP contribution is 2.80. The van der Waals surface area contributed by atoms with E-state index in [1.54, 1.807) is 30.3 Å². The Morgan fingerprint density at radius 2 is 1.76 bits per heavy atom. The number of hydrogen-bond acceptors (Lipinski definition) is 8. The van der Waals surface area contributed by atoms with Crippen LogP contribution in [0.15, 0.2) is 41.7 Å². The first-order valence-electron chi connectivity index (χ1n) is 12.9. The lowest BCUT2D eigenvalue weighted by atomic mass is 9.32. The van der Waals surface area contributed by atoms with E-state index in [0.29, 0.717) is 11.1 Å². The first kappa shape index (κ1) is 26.1. The second-order valence-corrected chi connectivity index (χ2v) is 12.0. The number of esters is 2. The van der Waals surface area contributed by atoms with Crippen molar-refractivity contribution in [3.05, 3.63) is 47.2 Å². The van der Waals surface area contributed by atoms with E-state index in [9.17, 15) is 24.6 Å². The molecule has 3 fully saturated rings. The number of aliphatic hydroxyl groups is 2. The average molecular weight is 513 g/mol. The number of rotatable bonds is 4. The molecule has 8 nitrogen and oxygen atoms in total. The van der Waals surface area contributed by atoms with Gasteiger partial charge >= 0.3 is 11.9 Å². The van der Waals surface area contributed by atoms with Gasteiger partial charge in [-0.3, -0.25) is 9.59 Å². The lowest BCUT2D eigenvalue weighted by Gasteiger charge is -2.73. The molecule has 0 aliphatic heterocycles. The van der Waals surface area contributed by atoms with Crippen molar-refractivity contribution in [3.63, 3.8) is 0 Å². The van der Waals surface area contributed by atoms with Crippen molar-refractivity contribution in [3.8, 4) is 0 Å². The highest BCUT2D eigenvalue weighted by atomic mass is 16.6. The second kappa shape index (κ2) is 8.22. The number of carbonyl (C=O) groups excluding carboxylic acids is 3. The molecule has 3 saturated carbocycles. The van der Waals surface area contributed by atoms with E-state index in [1.165, 1.54) is 14.0 Å². The quantitative estimate of drug-likeness (QED) is 0.591. The van der Waals surface area contributed by atoms with Crippen LogP contribution in [0.25, 0.3) is 0 Å². The fourth-order valence-corrected chi connectivity index (χ4v) is 8.76. The zero-order chi connectivity index (χ0) is 27.1. The molecule has 37 heavy (non-hydrogen) atoms. The molecule has 0 saturated heterocycles. The number of hydrogen-bond donors (Lipinski definition) is 2. The first-order chi connectivity index (χ1) is 17.3. The van der Waals surface area contributed by atoms with Crippen LogP contribution in [-0.2, 0) is 23.8 Å². The van der Waals surface area contributed by atoms with Crippen LogP contribution in [0, 0.1) is 28.1 Å². The zero-order valence-corrected chi connectivity index (χ0v) is 22.2. The minimum Gasteiger partial charge on any atom is -0.451 e. The summed E-state index contributed by atoms with van der Waals surface area (Å²) in [6.45, 7) is 8.97. The third-order valence-electron chi connectivity index (χ3n) is 10.6. The van der Waals surface area contributed by atoms with Gasteiger partial charge in [-0.05, 0) is 24.5 Å². The van der Waals surface area contributed by atoms with E-state index < -0.39 is 58.0 Å². The van der Waals surface area contributed by atoms with E-state index in [2.05, 4.69) is 0 Å². The molecular weight excluding hydrogens is 476 g/mol. The summed E-state index contributed by atoms with van der Waals surface area (Å²) in [6.07, 6.45) is -2.58. The van der Waals surface area contributed by atoms with E-state index >= 15 is 0 Å². The van der Waals surface area contributed by atoms with Crippen molar-refractivity contribution in [1.29, 1.82) is 0 Å². The molecule has 1 spiro atoms. The number of benzene rings is 1. The molecule has 1 unspecified atom stereocenters. The molecule has 4 aliphatic carbocycles. The fraction of sp³-hybridized carbons (Fsp3) is 0.621.